The Labute approximate surface area is 137 Å². The van der Waals surface area contributed by atoms with E-state index in [-0.39, 0.29) is 0 Å². The van der Waals surface area contributed by atoms with Crippen LogP contribution in [-0.2, 0) is 11.3 Å². The van der Waals surface area contributed by atoms with E-state index in [2.05, 4.69) is 46.9 Å². The number of carbonyl (C=O) groups is 1. The molecule has 0 amide bonds. The average molecular weight is 313 g/mol. The molecule has 3 heteroatoms. The first-order valence-electron chi connectivity index (χ1n) is 7.62. The van der Waals surface area contributed by atoms with Crippen LogP contribution in [0.4, 0.5) is 0 Å². The molecule has 0 spiro atoms. The minimum atomic E-state index is 0.743. The number of thioether (sulfide) groups is 1. The maximum absolute atomic E-state index is 11.5. The van der Waals surface area contributed by atoms with Gasteiger partial charge in [-0.1, -0.05) is 36.4 Å². The number of hydrogen-bond acceptors (Lipinski definition) is 3. The molecular weight excluding hydrogens is 290 g/mol. The first kappa shape index (κ1) is 16.8. The zero-order valence-corrected chi connectivity index (χ0v) is 14.1. The zero-order chi connectivity index (χ0) is 15.8. The quantitative estimate of drug-likeness (QED) is 0.718. The molecule has 0 unspecified atom stereocenters. The molecule has 0 aliphatic carbocycles. The van der Waals surface area contributed by atoms with Gasteiger partial charge in [0.15, 0.2) is 0 Å². The van der Waals surface area contributed by atoms with Gasteiger partial charge in [0.05, 0.1) is 0 Å². The Hall–Kier alpha value is -1.58. The Morgan fingerprint density at radius 1 is 1.32 bits per heavy atom. The molecule has 0 radical (unpaired) electrons. The van der Waals surface area contributed by atoms with E-state index in [1.807, 2.05) is 19.1 Å². The van der Waals surface area contributed by atoms with Gasteiger partial charge in [-0.3, -0.25) is 9.69 Å². The molecule has 2 nitrogen and oxygen atoms in total. The van der Waals surface area contributed by atoms with Crippen molar-refractivity contribution in [3.63, 3.8) is 0 Å². The van der Waals surface area contributed by atoms with Crippen LogP contribution in [0.15, 0.2) is 63.9 Å². The van der Waals surface area contributed by atoms with Gasteiger partial charge in [0.1, 0.15) is 6.29 Å². The van der Waals surface area contributed by atoms with Gasteiger partial charge >= 0.3 is 0 Å². The fourth-order valence-corrected chi connectivity index (χ4v) is 3.25. The van der Waals surface area contributed by atoms with Gasteiger partial charge in [-0.2, -0.15) is 0 Å². The number of hydrogen-bond donors (Lipinski definition) is 0. The highest BCUT2D eigenvalue weighted by atomic mass is 32.2. The van der Waals surface area contributed by atoms with E-state index < -0.39 is 0 Å². The van der Waals surface area contributed by atoms with Crippen molar-refractivity contribution in [2.45, 2.75) is 26.8 Å². The Bertz CT molecular complexity index is 587. The molecule has 0 N–H and O–H groups in total. The molecule has 1 aromatic carbocycles. The van der Waals surface area contributed by atoms with Crippen LogP contribution in [0.1, 0.15) is 25.8 Å². The summed E-state index contributed by atoms with van der Waals surface area (Å²) >= 11 is 1.66. The molecular formula is C19H23NOS. The van der Waals surface area contributed by atoms with Crippen molar-refractivity contribution in [1.29, 1.82) is 0 Å². The first-order chi connectivity index (χ1) is 10.7. The Morgan fingerprint density at radius 3 is 2.77 bits per heavy atom. The monoisotopic (exact) mass is 313 g/mol. The first-order valence-corrected chi connectivity index (χ1v) is 8.56. The predicted octanol–water partition coefficient (Wildman–Crippen LogP) is 4.56. The van der Waals surface area contributed by atoms with E-state index in [4.69, 9.17) is 0 Å². The summed E-state index contributed by atoms with van der Waals surface area (Å²) in [6.45, 7) is 6.76. The molecule has 0 aromatic heterocycles. The molecule has 1 heterocycles. The number of aldehydes is 1. The van der Waals surface area contributed by atoms with E-state index in [0.29, 0.717) is 0 Å². The Morgan fingerprint density at radius 2 is 2.09 bits per heavy atom. The van der Waals surface area contributed by atoms with Gasteiger partial charge in [0, 0.05) is 25.2 Å². The minimum Gasteiger partial charge on any atom is -0.298 e. The zero-order valence-electron chi connectivity index (χ0n) is 13.3. The molecule has 116 valence electrons. The second kappa shape index (κ2) is 8.76. The van der Waals surface area contributed by atoms with Gasteiger partial charge in [0.2, 0.25) is 0 Å². The molecule has 22 heavy (non-hydrogen) atoms. The van der Waals surface area contributed by atoms with Gasteiger partial charge in [-0.25, -0.2) is 0 Å². The van der Waals surface area contributed by atoms with E-state index in [1.165, 1.54) is 16.7 Å². The van der Waals surface area contributed by atoms with Crippen LogP contribution in [0.25, 0.3) is 0 Å². The van der Waals surface area contributed by atoms with Crippen molar-refractivity contribution in [3.8, 4) is 0 Å². The van der Waals surface area contributed by atoms with Crippen LogP contribution in [0.5, 0.6) is 0 Å². The molecule has 1 aliphatic rings. The molecule has 0 fully saturated rings. The number of allylic oxidation sites excluding steroid dienone is 2. The van der Waals surface area contributed by atoms with Gasteiger partial charge in [-0.05, 0) is 47.8 Å². The highest BCUT2D eigenvalue weighted by Crippen LogP contribution is 2.26. The van der Waals surface area contributed by atoms with Gasteiger partial charge in [-0.15, -0.1) is 11.8 Å². The van der Waals surface area contributed by atoms with Crippen molar-refractivity contribution >= 4 is 18.0 Å². The lowest BCUT2D eigenvalue weighted by molar-refractivity contribution is -0.105. The Balaban J connectivity index is 2.07. The summed E-state index contributed by atoms with van der Waals surface area (Å²) in [5, 5.41) is 4.18. The third kappa shape index (κ3) is 4.72. The summed E-state index contributed by atoms with van der Waals surface area (Å²) in [6.07, 6.45) is 4.00. The highest BCUT2D eigenvalue weighted by molar-refractivity contribution is 8.04. The maximum Gasteiger partial charge on any atom is 0.147 e. The molecule has 0 saturated carbocycles. The fourth-order valence-electron chi connectivity index (χ4n) is 2.67. The lowest BCUT2D eigenvalue weighted by Gasteiger charge is -2.29. The summed E-state index contributed by atoms with van der Waals surface area (Å²) in [5.74, 6) is 0. The number of benzene rings is 1. The van der Waals surface area contributed by atoms with E-state index in [1.54, 1.807) is 11.8 Å². The summed E-state index contributed by atoms with van der Waals surface area (Å²) in [7, 11) is 0. The summed E-state index contributed by atoms with van der Waals surface area (Å²) < 4.78 is 0. The normalized spacial score (nSPS) is 17.3. The molecule has 1 aromatic rings. The fraction of sp³-hybridized carbons (Fsp3) is 0.316. The van der Waals surface area contributed by atoms with Crippen LogP contribution in [0.3, 0.4) is 0 Å². The van der Waals surface area contributed by atoms with Crippen molar-refractivity contribution in [2.24, 2.45) is 0 Å². The minimum absolute atomic E-state index is 0.743. The molecule has 0 saturated heterocycles. The largest absolute Gasteiger partial charge is 0.298 e. The average Bonchev–Trinajstić information content (AvgIpc) is 2.55. The standard InChI is InChI=1S/C19H23NOS/c1-3-11-22-15-16(2)19-9-10-20(13-18(19)14-21)12-17-7-5-4-6-8-17/h3-8,11,14-15H,9-10,12-13H2,1-2H3/b11-3-,16-15+. The predicted molar refractivity (Wildman–Crippen MR) is 95.6 cm³/mol. The molecule has 2 rings (SSSR count). The topological polar surface area (TPSA) is 20.3 Å². The summed E-state index contributed by atoms with van der Waals surface area (Å²) in [6, 6.07) is 10.4. The SMILES string of the molecule is C/C=C\S/C=C(\C)C1=C(C=O)CN(Cc2ccccc2)CC1. The number of rotatable bonds is 6. The van der Waals surface area contributed by atoms with Crippen LogP contribution in [0, 0.1) is 0 Å². The second-order valence-corrected chi connectivity index (χ2v) is 6.25. The maximum atomic E-state index is 11.5. The van der Waals surface area contributed by atoms with Gasteiger partial charge < -0.3 is 0 Å². The van der Waals surface area contributed by atoms with Crippen LogP contribution >= 0.6 is 11.8 Å². The van der Waals surface area contributed by atoms with Gasteiger partial charge in [0.25, 0.3) is 0 Å². The highest BCUT2D eigenvalue weighted by Gasteiger charge is 2.19. The van der Waals surface area contributed by atoms with Crippen LogP contribution < -0.4 is 0 Å². The van der Waals surface area contributed by atoms with E-state index >= 15 is 0 Å². The number of carbonyl (C=O) groups excluding carboxylic acids is 1. The molecule has 0 atom stereocenters. The summed E-state index contributed by atoms with van der Waals surface area (Å²) in [4.78, 5) is 13.8. The van der Waals surface area contributed by atoms with E-state index in [9.17, 15) is 4.79 Å². The van der Waals surface area contributed by atoms with Crippen molar-refractivity contribution in [1.82, 2.24) is 4.90 Å². The summed E-state index contributed by atoms with van der Waals surface area (Å²) in [5.41, 5.74) is 4.66. The smallest absolute Gasteiger partial charge is 0.147 e. The molecule has 1 aliphatic heterocycles. The lowest BCUT2D eigenvalue weighted by Crippen LogP contribution is -2.32. The van der Waals surface area contributed by atoms with Crippen molar-refractivity contribution < 1.29 is 4.79 Å². The van der Waals surface area contributed by atoms with Crippen LogP contribution in [-0.4, -0.2) is 24.3 Å². The number of nitrogens with zero attached hydrogens (tertiary/aromatic N) is 1. The van der Waals surface area contributed by atoms with Crippen LogP contribution in [0.2, 0.25) is 0 Å². The molecule has 0 bridgehead atoms. The van der Waals surface area contributed by atoms with Crippen molar-refractivity contribution in [3.05, 3.63) is 69.5 Å². The third-order valence-corrected chi connectivity index (χ3v) is 4.71. The second-order valence-electron chi connectivity index (χ2n) is 5.47. The van der Waals surface area contributed by atoms with Crippen molar-refractivity contribution in [2.75, 3.05) is 13.1 Å². The van der Waals surface area contributed by atoms with E-state index in [0.717, 1.165) is 37.9 Å². The Kier molecular flexibility index (Phi) is 6.69. The lowest BCUT2D eigenvalue weighted by atomic mass is 9.95. The third-order valence-electron chi connectivity index (χ3n) is 3.79.